The normalized spacial score (nSPS) is 27.9. The van der Waals surface area contributed by atoms with Crippen LogP contribution < -0.4 is 0 Å². The fourth-order valence-electron chi connectivity index (χ4n) is 3.68. The Hall–Kier alpha value is -1.06. The van der Waals surface area contributed by atoms with Crippen molar-refractivity contribution in [3.8, 4) is 0 Å². The summed E-state index contributed by atoms with van der Waals surface area (Å²) in [5.74, 6) is 0.920. The van der Waals surface area contributed by atoms with Crippen molar-refractivity contribution in [2.75, 3.05) is 26.2 Å². The summed E-state index contributed by atoms with van der Waals surface area (Å²) < 4.78 is 0. The van der Waals surface area contributed by atoms with Crippen LogP contribution in [0.2, 0.25) is 0 Å². The van der Waals surface area contributed by atoms with Crippen molar-refractivity contribution in [3.05, 3.63) is 0 Å². The Bertz CT molecular complexity index is 400. The zero-order valence-electron chi connectivity index (χ0n) is 14.0. The van der Waals surface area contributed by atoms with E-state index in [1.165, 1.54) is 6.42 Å². The number of carbonyl (C=O) groups excluding carboxylic acids is 2. The molecular weight excluding hydrogens is 264 g/mol. The van der Waals surface area contributed by atoms with Crippen LogP contribution in [0.5, 0.6) is 0 Å². The first-order valence-corrected chi connectivity index (χ1v) is 8.39. The molecule has 0 spiro atoms. The van der Waals surface area contributed by atoms with Crippen molar-refractivity contribution >= 4 is 11.8 Å². The molecule has 0 unspecified atom stereocenters. The lowest BCUT2D eigenvalue weighted by Gasteiger charge is -2.30. The van der Waals surface area contributed by atoms with Crippen LogP contribution >= 0.6 is 0 Å². The molecule has 2 heterocycles. The largest absolute Gasteiger partial charge is 0.342 e. The number of hydrogen-bond acceptors (Lipinski definition) is 2. The van der Waals surface area contributed by atoms with Crippen molar-refractivity contribution in [2.45, 2.75) is 53.4 Å². The third kappa shape index (κ3) is 3.78. The molecule has 2 atom stereocenters. The maximum absolute atomic E-state index is 12.7. The Labute approximate surface area is 128 Å². The second-order valence-electron chi connectivity index (χ2n) is 7.65. The summed E-state index contributed by atoms with van der Waals surface area (Å²) in [5.41, 5.74) is 0.321. The van der Waals surface area contributed by atoms with Crippen molar-refractivity contribution in [2.24, 2.45) is 17.3 Å². The highest BCUT2D eigenvalue weighted by Crippen LogP contribution is 2.34. The van der Waals surface area contributed by atoms with Gasteiger partial charge in [-0.1, -0.05) is 20.8 Å². The van der Waals surface area contributed by atoms with E-state index in [4.69, 9.17) is 0 Å². The van der Waals surface area contributed by atoms with Gasteiger partial charge in [-0.3, -0.25) is 9.59 Å². The Balaban J connectivity index is 1.94. The van der Waals surface area contributed by atoms with E-state index in [-0.39, 0.29) is 17.7 Å². The highest BCUT2D eigenvalue weighted by Gasteiger charge is 2.37. The molecule has 2 fully saturated rings. The van der Waals surface area contributed by atoms with Gasteiger partial charge in [0.15, 0.2) is 0 Å². The molecule has 0 bridgehead atoms. The van der Waals surface area contributed by atoms with Gasteiger partial charge in [0.2, 0.25) is 11.8 Å². The first kappa shape index (κ1) is 16.3. The summed E-state index contributed by atoms with van der Waals surface area (Å²) in [6.45, 7) is 11.9. The molecule has 2 rings (SSSR count). The zero-order chi connectivity index (χ0) is 15.6. The van der Waals surface area contributed by atoms with Crippen molar-refractivity contribution in [3.63, 3.8) is 0 Å². The Morgan fingerprint density at radius 1 is 1.24 bits per heavy atom. The van der Waals surface area contributed by atoms with Crippen LogP contribution in [-0.2, 0) is 9.59 Å². The number of hydrogen-bond donors (Lipinski definition) is 0. The van der Waals surface area contributed by atoms with Gasteiger partial charge in [-0.2, -0.15) is 0 Å². The van der Waals surface area contributed by atoms with E-state index >= 15 is 0 Å². The minimum absolute atomic E-state index is 0.108. The van der Waals surface area contributed by atoms with E-state index in [0.717, 1.165) is 25.9 Å². The first-order chi connectivity index (χ1) is 9.82. The standard InChI is InChI=1S/C17H30N2O2/c1-5-18-12-13(11-15(18)20)16(21)19-9-6-7-14(8-10-19)17(2,3)4/h13-14H,5-12H2,1-4H3/t13-,14+/m1/s1. The topological polar surface area (TPSA) is 40.6 Å². The van der Waals surface area contributed by atoms with Gasteiger partial charge in [0.05, 0.1) is 5.92 Å². The summed E-state index contributed by atoms with van der Waals surface area (Å²) in [7, 11) is 0. The van der Waals surface area contributed by atoms with Gasteiger partial charge in [0.1, 0.15) is 0 Å². The third-order valence-electron chi connectivity index (χ3n) is 5.21. The van der Waals surface area contributed by atoms with Crippen molar-refractivity contribution in [1.82, 2.24) is 9.80 Å². The van der Waals surface area contributed by atoms with Crippen LogP contribution in [0.3, 0.4) is 0 Å². The van der Waals surface area contributed by atoms with E-state index in [1.54, 1.807) is 4.90 Å². The fourth-order valence-corrected chi connectivity index (χ4v) is 3.68. The lowest BCUT2D eigenvalue weighted by atomic mass is 9.77. The second-order valence-corrected chi connectivity index (χ2v) is 7.65. The number of amides is 2. The zero-order valence-corrected chi connectivity index (χ0v) is 14.0. The van der Waals surface area contributed by atoms with Crippen LogP contribution in [-0.4, -0.2) is 47.8 Å². The number of likely N-dealkylation sites (tertiary alicyclic amines) is 2. The van der Waals surface area contributed by atoms with Gasteiger partial charge in [-0.15, -0.1) is 0 Å². The molecule has 0 N–H and O–H groups in total. The highest BCUT2D eigenvalue weighted by molar-refractivity contribution is 5.89. The summed E-state index contributed by atoms with van der Waals surface area (Å²) in [6.07, 6.45) is 3.79. The number of nitrogens with zero attached hydrogens (tertiary/aromatic N) is 2. The first-order valence-electron chi connectivity index (χ1n) is 8.39. The molecule has 0 saturated carbocycles. The van der Waals surface area contributed by atoms with E-state index in [2.05, 4.69) is 20.8 Å². The van der Waals surface area contributed by atoms with Gasteiger partial charge in [-0.05, 0) is 37.5 Å². The Morgan fingerprint density at radius 2 is 1.95 bits per heavy atom. The van der Waals surface area contributed by atoms with Crippen LogP contribution in [0.25, 0.3) is 0 Å². The molecule has 2 aliphatic heterocycles. The van der Waals surface area contributed by atoms with E-state index in [1.807, 2.05) is 11.8 Å². The summed E-state index contributed by atoms with van der Waals surface area (Å²) in [6, 6.07) is 0. The molecule has 4 heteroatoms. The molecule has 0 aromatic carbocycles. The summed E-state index contributed by atoms with van der Waals surface area (Å²) >= 11 is 0. The van der Waals surface area contributed by atoms with Crippen LogP contribution in [0.1, 0.15) is 53.4 Å². The van der Waals surface area contributed by atoms with Crippen molar-refractivity contribution < 1.29 is 9.59 Å². The van der Waals surface area contributed by atoms with Gasteiger partial charge in [0, 0.05) is 32.6 Å². The number of rotatable bonds is 2. The molecular formula is C17H30N2O2. The number of carbonyl (C=O) groups is 2. The van der Waals surface area contributed by atoms with Gasteiger partial charge >= 0.3 is 0 Å². The molecule has 2 saturated heterocycles. The van der Waals surface area contributed by atoms with Crippen LogP contribution in [0.4, 0.5) is 0 Å². The molecule has 120 valence electrons. The minimum atomic E-state index is -0.108. The smallest absolute Gasteiger partial charge is 0.227 e. The van der Waals surface area contributed by atoms with Crippen molar-refractivity contribution in [1.29, 1.82) is 0 Å². The Morgan fingerprint density at radius 3 is 2.52 bits per heavy atom. The molecule has 2 aliphatic rings. The average Bonchev–Trinajstić information content (AvgIpc) is 2.63. The quantitative estimate of drug-likeness (QED) is 0.785. The second kappa shape index (κ2) is 6.37. The lowest BCUT2D eigenvalue weighted by Crippen LogP contribution is -2.38. The maximum Gasteiger partial charge on any atom is 0.227 e. The van der Waals surface area contributed by atoms with Crippen LogP contribution in [0, 0.1) is 17.3 Å². The monoisotopic (exact) mass is 294 g/mol. The molecule has 0 aliphatic carbocycles. The van der Waals surface area contributed by atoms with Crippen LogP contribution in [0.15, 0.2) is 0 Å². The van der Waals surface area contributed by atoms with E-state index in [9.17, 15) is 9.59 Å². The average molecular weight is 294 g/mol. The summed E-state index contributed by atoms with van der Waals surface area (Å²) in [4.78, 5) is 28.3. The summed E-state index contributed by atoms with van der Waals surface area (Å²) in [5, 5.41) is 0. The van der Waals surface area contributed by atoms with E-state index in [0.29, 0.717) is 30.8 Å². The lowest BCUT2D eigenvalue weighted by molar-refractivity contribution is -0.135. The minimum Gasteiger partial charge on any atom is -0.342 e. The predicted octanol–water partition coefficient (Wildman–Crippen LogP) is 2.53. The fraction of sp³-hybridized carbons (Fsp3) is 0.882. The predicted molar refractivity (Wildman–Crippen MR) is 83.7 cm³/mol. The van der Waals surface area contributed by atoms with Gasteiger partial charge in [-0.25, -0.2) is 0 Å². The molecule has 0 aromatic heterocycles. The third-order valence-corrected chi connectivity index (χ3v) is 5.21. The molecule has 21 heavy (non-hydrogen) atoms. The highest BCUT2D eigenvalue weighted by atomic mass is 16.2. The Kier molecular flexibility index (Phi) is 4.95. The van der Waals surface area contributed by atoms with Gasteiger partial charge < -0.3 is 9.80 Å². The molecule has 4 nitrogen and oxygen atoms in total. The molecule has 0 radical (unpaired) electrons. The molecule has 2 amide bonds. The van der Waals surface area contributed by atoms with Gasteiger partial charge in [0.25, 0.3) is 0 Å². The molecule has 0 aromatic rings. The SMILES string of the molecule is CCN1C[C@H](C(=O)N2CCC[C@H](C(C)(C)C)CC2)CC1=O. The van der Waals surface area contributed by atoms with E-state index < -0.39 is 0 Å². The maximum atomic E-state index is 12.7.